The molecule has 144 valence electrons. The molecule has 2 aromatic rings. The van der Waals surface area contributed by atoms with Gasteiger partial charge in [0.15, 0.2) is 5.65 Å². The lowest BCUT2D eigenvalue weighted by Gasteiger charge is -2.59. The van der Waals surface area contributed by atoms with E-state index in [2.05, 4.69) is 10.1 Å². The Hall–Kier alpha value is -2.05. The lowest BCUT2D eigenvalue weighted by molar-refractivity contribution is -0.0665. The third-order valence-electron chi connectivity index (χ3n) is 7.10. The molecule has 27 heavy (non-hydrogen) atoms. The Morgan fingerprint density at radius 3 is 2.37 bits per heavy atom. The Morgan fingerprint density at radius 1 is 1.22 bits per heavy atom. The molecule has 0 aliphatic heterocycles. The molecular weight excluding hydrogens is 350 g/mol. The Kier molecular flexibility index (Phi) is 3.62. The number of hydrogen-bond acceptors (Lipinski definition) is 3. The van der Waals surface area contributed by atoms with Gasteiger partial charge in [-0.25, -0.2) is 18.3 Å². The minimum atomic E-state index is -2.67. The maximum atomic E-state index is 13.4. The predicted molar refractivity (Wildman–Crippen MR) is 95.7 cm³/mol. The quantitative estimate of drug-likeness (QED) is 0.815. The van der Waals surface area contributed by atoms with Crippen molar-refractivity contribution in [3.8, 4) is 0 Å². The maximum absolute atomic E-state index is 13.4. The summed E-state index contributed by atoms with van der Waals surface area (Å²) in [6, 6.07) is 1.32. The molecule has 0 atom stereocenters. The van der Waals surface area contributed by atoms with Gasteiger partial charge in [-0.1, -0.05) is 0 Å². The molecule has 2 heterocycles. The molecule has 6 rings (SSSR count). The standard InChI is InChI=1S/C20H24F2N4O/c1-11-3-16(17(21)22)26-18(24-11)15(10-23-26)19(27)25(2)20-7-12-4-13(8-20)6-14(5-12)9-20/h3,10,12-14,17H,4-9H2,1-2H3. The van der Waals surface area contributed by atoms with Crippen LogP contribution >= 0.6 is 0 Å². The molecule has 0 saturated heterocycles. The molecule has 5 nitrogen and oxygen atoms in total. The maximum Gasteiger partial charge on any atom is 0.280 e. The van der Waals surface area contributed by atoms with Crippen LogP contribution in [0.15, 0.2) is 12.3 Å². The third-order valence-corrected chi connectivity index (χ3v) is 7.10. The minimum absolute atomic E-state index is 0.0878. The smallest absolute Gasteiger partial charge is 0.280 e. The van der Waals surface area contributed by atoms with Crippen molar-refractivity contribution in [3.63, 3.8) is 0 Å². The van der Waals surface area contributed by atoms with E-state index in [-0.39, 0.29) is 22.8 Å². The normalized spacial score (nSPS) is 31.8. The average Bonchev–Trinajstić information content (AvgIpc) is 3.02. The topological polar surface area (TPSA) is 50.5 Å². The Bertz CT molecular complexity index is 887. The molecule has 0 radical (unpaired) electrons. The molecule has 4 saturated carbocycles. The first kappa shape index (κ1) is 17.1. The highest BCUT2D eigenvalue weighted by Gasteiger charge is 2.54. The average molecular weight is 374 g/mol. The second-order valence-corrected chi connectivity index (χ2v) is 8.92. The molecule has 4 fully saturated rings. The highest BCUT2D eigenvalue weighted by molar-refractivity contribution is 6.00. The van der Waals surface area contributed by atoms with Gasteiger partial charge in [-0.05, 0) is 69.3 Å². The van der Waals surface area contributed by atoms with Gasteiger partial charge in [0.05, 0.1) is 6.20 Å². The molecular formula is C20H24F2N4O. The van der Waals surface area contributed by atoms with Crippen LogP contribution in [-0.2, 0) is 0 Å². The van der Waals surface area contributed by atoms with Gasteiger partial charge in [-0.3, -0.25) is 4.79 Å². The van der Waals surface area contributed by atoms with E-state index >= 15 is 0 Å². The monoisotopic (exact) mass is 374 g/mol. The summed E-state index contributed by atoms with van der Waals surface area (Å²) in [5.41, 5.74) is 0.694. The number of alkyl halides is 2. The molecule has 4 aliphatic rings. The van der Waals surface area contributed by atoms with E-state index in [0.717, 1.165) is 41.5 Å². The van der Waals surface area contributed by atoms with Gasteiger partial charge in [-0.2, -0.15) is 5.10 Å². The molecule has 2 aromatic heterocycles. The van der Waals surface area contributed by atoms with E-state index < -0.39 is 6.43 Å². The predicted octanol–water partition coefficient (Wildman–Crippen LogP) is 4.02. The number of fused-ring (bicyclic) bond motifs is 1. The van der Waals surface area contributed by atoms with Crippen LogP contribution in [0.4, 0.5) is 8.78 Å². The van der Waals surface area contributed by atoms with Crippen LogP contribution < -0.4 is 0 Å². The summed E-state index contributed by atoms with van der Waals surface area (Å²) >= 11 is 0. The molecule has 0 spiro atoms. The molecule has 1 amide bonds. The number of nitrogens with zero attached hydrogens (tertiary/aromatic N) is 4. The van der Waals surface area contributed by atoms with E-state index in [1.54, 1.807) is 6.92 Å². The van der Waals surface area contributed by atoms with Crippen LogP contribution in [0.1, 0.15) is 66.7 Å². The largest absolute Gasteiger partial charge is 0.336 e. The number of carbonyl (C=O) groups is 1. The van der Waals surface area contributed by atoms with Crippen molar-refractivity contribution in [2.45, 2.75) is 57.4 Å². The van der Waals surface area contributed by atoms with Crippen LogP contribution in [0.25, 0.3) is 5.65 Å². The Morgan fingerprint density at radius 2 is 1.81 bits per heavy atom. The molecule has 0 aromatic carbocycles. The van der Waals surface area contributed by atoms with Crippen molar-refractivity contribution in [1.82, 2.24) is 19.5 Å². The van der Waals surface area contributed by atoms with Gasteiger partial charge in [0.2, 0.25) is 0 Å². The second kappa shape index (κ2) is 5.72. The van der Waals surface area contributed by atoms with Gasteiger partial charge in [0.1, 0.15) is 11.3 Å². The summed E-state index contributed by atoms with van der Waals surface area (Å²) in [5, 5.41) is 4.06. The SMILES string of the molecule is Cc1cc(C(F)F)n2ncc(C(=O)N(C)C34CC5CC(CC(C5)C3)C4)c2n1. The third kappa shape index (κ3) is 2.50. The van der Waals surface area contributed by atoms with Gasteiger partial charge in [0, 0.05) is 18.3 Å². The number of aryl methyl sites for hydroxylation is 1. The van der Waals surface area contributed by atoms with Gasteiger partial charge < -0.3 is 4.90 Å². The molecule has 4 aliphatic carbocycles. The summed E-state index contributed by atoms with van der Waals surface area (Å²) in [6.07, 6.45) is 5.83. The zero-order valence-corrected chi connectivity index (χ0v) is 15.7. The number of rotatable bonds is 3. The first-order chi connectivity index (χ1) is 12.9. The number of hydrogen-bond donors (Lipinski definition) is 0. The number of aromatic nitrogens is 3. The molecule has 0 unspecified atom stereocenters. The van der Waals surface area contributed by atoms with Crippen LogP contribution in [0.5, 0.6) is 0 Å². The number of carbonyl (C=O) groups excluding carboxylic acids is 1. The first-order valence-corrected chi connectivity index (χ1v) is 9.78. The lowest BCUT2D eigenvalue weighted by Crippen LogP contribution is -2.60. The fourth-order valence-electron chi connectivity index (χ4n) is 6.29. The number of amides is 1. The van der Waals surface area contributed by atoms with Gasteiger partial charge >= 0.3 is 0 Å². The van der Waals surface area contributed by atoms with Crippen molar-refractivity contribution in [2.24, 2.45) is 17.8 Å². The fourth-order valence-corrected chi connectivity index (χ4v) is 6.29. The van der Waals surface area contributed by atoms with Crippen molar-refractivity contribution >= 4 is 11.6 Å². The van der Waals surface area contributed by atoms with E-state index in [9.17, 15) is 13.6 Å². The zero-order chi connectivity index (χ0) is 18.9. The summed E-state index contributed by atoms with van der Waals surface area (Å²) in [5.74, 6) is 2.02. The Labute approximate surface area is 156 Å². The van der Waals surface area contributed by atoms with E-state index in [1.165, 1.54) is 31.5 Å². The van der Waals surface area contributed by atoms with Crippen molar-refractivity contribution in [3.05, 3.63) is 29.2 Å². The van der Waals surface area contributed by atoms with Crippen molar-refractivity contribution < 1.29 is 13.6 Å². The summed E-state index contributed by atoms with van der Waals surface area (Å²) in [4.78, 5) is 19.6. The van der Waals surface area contributed by atoms with Gasteiger partial charge in [-0.15, -0.1) is 0 Å². The summed E-state index contributed by atoms with van der Waals surface area (Å²) in [7, 11) is 1.88. The van der Waals surface area contributed by atoms with Crippen LogP contribution in [-0.4, -0.2) is 38.0 Å². The summed E-state index contributed by atoms with van der Waals surface area (Å²) < 4.78 is 27.8. The first-order valence-electron chi connectivity index (χ1n) is 9.78. The van der Waals surface area contributed by atoms with Crippen molar-refractivity contribution in [1.29, 1.82) is 0 Å². The Balaban J connectivity index is 1.53. The van der Waals surface area contributed by atoms with Crippen LogP contribution in [0.3, 0.4) is 0 Å². The van der Waals surface area contributed by atoms with Crippen molar-refractivity contribution in [2.75, 3.05) is 7.05 Å². The molecule has 7 heteroatoms. The van der Waals surface area contributed by atoms with E-state index in [0.29, 0.717) is 11.3 Å². The van der Waals surface area contributed by atoms with Crippen LogP contribution in [0.2, 0.25) is 0 Å². The van der Waals surface area contributed by atoms with Gasteiger partial charge in [0.25, 0.3) is 12.3 Å². The van der Waals surface area contributed by atoms with E-state index in [1.807, 2.05) is 11.9 Å². The second-order valence-electron chi connectivity index (χ2n) is 8.92. The summed E-state index contributed by atoms with van der Waals surface area (Å²) in [6.45, 7) is 1.66. The highest BCUT2D eigenvalue weighted by atomic mass is 19.3. The molecule has 4 bridgehead atoms. The van der Waals surface area contributed by atoms with Crippen LogP contribution in [0, 0.1) is 24.7 Å². The zero-order valence-electron chi connectivity index (χ0n) is 15.7. The highest BCUT2D eigenvalue weighted by Crippen LogP contribution is 2.57. The number of halogens is 2. The van der Waals surface area contributed by atoms with E-state index in [4.69, 9.17) is 0 Å². The lowest BCUT2D eigenvalue weighted by atomic mass is 9.52. The molecule has 0 N–H and O–H groups in total. The minimum Gasteiger partial charge on any atom is -0.336 e. The fraction of sp³-hybridized carbons (Fsp3) is 0.650.